The van der Waals surface area contributed by atoms with Crippen molar-refractivity contribution in [1.29, 1.82) is 0 Å². The normalized spacial score (nSPS) is 20.4. The fourth-order valence-corrected chi connectivity index (χ4v) is 2.83. The molecule has 1 N–H and O–H groups in total. The highest BCUT2D eigenvalue weighted by atomic mass is 32.2. The monoisotopic (exact) mass is 235 g/mol. The molecule has 80 valence electrons. The van der Waals surface area contributed by atoms with Crippen LogP contribution in [-0.2, 0) is 8.98 Å². The summed E-state index contributed by atoms with van der Waals surface area (Å²) in [5.74, 6) is -0.816. The number of carboxylic acid groups (broad SMARTS) is 1. The predicted molar refractivity (Wildman–Crippen MR) is 59.0 cm³/mol. The summed E-state index contributed by atoms with van der Waals surface area (Å²) in [6.07, 6.45) is 0. The fourth-order valence-electron chi connectivity index (χ4n) is 1.01. The lowest BCUT2D eigenvalue weighted by Gasteiger charge is -2.23. The predicted octanol–water partition coefficient (Wildman–Crippen LogP) is 1.60. The molecule has 0 aromatic heterocycles. The molecule has 1 aliphatic heterocycles. The molecule has 0 spiro atoms. The van der Waals surface area contributed by atoms with Crippen molar-refractivity contribution < 1.29 is 14.1 Å². The van der Waals surface area contributed by atoms with Crippen molar-refractivity contribution in [2.45, 2.75) is 6.92 Å². The Kier molecular flexibility index (Phi) is 4.64. The molecule has 1 heterocycles. The standard InChI is InChI=1S/C8H13NO3S2/c1-6(9(2)3-8(10)11)7-4-12-14-5-13-7/h3-5H2,1-2H3,(H,10,11)/b7-6-. The second-order valence-electron chi connectivity index (χ2n) is 2.90. The van der Waals surface area contributed by atoms with Gasteiger partial charge in [-0.05, 0) is 6.92 Å². The van der Waals surface area contributed by atoms with Gasteiger partial charge in [0.05, 0.1) is 11.7 Å². The molecule has 6 heteroatoms. The van der Waals surface area contributed by atoms with Gasteiger partial charge in [-0.2, -0.15) is 0 Å². The van der Waals surface area contributed by atoms with E-state index in [1.54, 1.807) is 23.7 Å². The molecule has 0 atom stereocenters. The molecular weight excluding hydrogens is 222 g/mol. The summed E-state index contributed by atoms with van der Waals surface area (Å²) in [5.41, 5.74) is 0.984. The molecule has 1 rings (SSSR count). The van der Waals surface area contributed by atoms with Gasteiger partial charge in [0.15, 0.2) is 0 Å². The number of thioether (sulfide) groups is 1. The zero-order valence-corrected chi connectivity index (χ0v) is 9.78. The van der Waals surface area contributed by atoms with Gasteiger partial charge < -0.3 is 14.2 Å². The number of likely N-dealkylation sites (N-methyl/N-ethyl adjacent to an activating group) is 1. The van der Waals surface area contributed by atoms with Gasteiger partial charge in [-0.25, -0.2) is 0 Å². The first-order valence-electron chi connectivity index (χ1n) is 4.11. The summed E-state index contributed by atoms with van der Waals surface area (Å²) in [6.45, 7) is 2.53. The Balaban J connectivity index is 2.59. The highest BCUT2D eigenvalue weighted by Crippen LogP contribution is 2.31. The Hall–Kier alpha value is -0.330. The van der Waals surface area contributed by atoms with E-state index in [1.165, 1.54) is 12.0 Å². The number of carbonyl (C=O) groups is 1. The van der Waals surface area contributed by atoms with Gasteiger partial charge in [0, 0.05) is 29.7 Å². The van der Waals surface area contributed by atoms with E-state index in [9.17, 15) is 4.79 Å². The Morgan fingerprint density at radius 2 is 2.43 bits per heavy atom. The highest BCUT2D eigenvalue weighted by Gasteiger charge is 2.14. The summed E-state index contributed by atoms with van der Waals surface area (Å²) in [6, 6.07) is 0. The van der Waals surface area contributed by atoms with Crippen LogP contribution in [0.4, 0.5) is 0 Å². The van der Waals surface area contributed by atoms with Crippen LogP contribution in [0.15, 0.2) is 10.6 Å². The zero-order chi connectivity index (χ0) is 10.6. The number of hydrogen-bond donors (Lipinski definition) is 1. The van der Waals surface area contributed by atoms with E-state index in [4.69, 9.17) is 9.29 Å². The molecular formula is C8H13NO3S2. The highest BCUT2D eigenvalue weighted by molar-refractivity contribution is 8.16. The van der Waals surface area contributed by atoms with Crippen molar-refractivity contribution in [2.75, 3.05) is 25.3 Å². The number of allylic oxidation sites excluding steroid dienone is 1. The minimum Gasteiger partial charge on any atom is -0.480 e. The quantitative estimate of drug-likeness (QED) is 0.750. The van der Waals surface area contributed by atoms with Crippen molar-refractivity contribution >= 4 is 29.8 Å². The van der Waals surface area contributed by atoms with Crippen molar-refractivity contribution in [3.05, 3.63) is 10.6 Å². The Morgan fingerprint density at radius 3 is 2.93 bits per heavy atom. The third-order valence-corrected chi connectivity index (χ3v) is 3.81. The van der Waals surface area contributed by atoms with Crippen LogP contribution < -0.4 is 0 Å². The van der Waals surface area contributed by atoms with Crippen LogP contribution in [0.1, 0.15) is 6.92 Å². The Labute approximate surface area is 91.9 Å². The maximum Gasteiger partial charge on any atom is 0.323 e. The smallest absolute Gasteiger partial charge is 0.323 e. The minimum absolute atomic E-state index is 0.0308. The van der Waals surface area contributed by atoms with Gasteiger partial charge in [0.1, 0.15) is 6.54 Å². The van der Waals surface area contributed by atoms with Gasteiger partial charge in [-0.3, -0.25) is 4.79 Å². The summed E-state index contributed by atoms with van der Waals surface area (Å²) >= 11 is 3.15. The molecule has 1 aliphatic rings. The SMILES string of the molecule is C/C(=C1\COSCS1)N(C)CC(=O)O. The molecule has 0 saturated carbocycles. The van der Waals surface area contributed by atoms with E-state index >= 15 is 0 Å². The van der Waals surface area contributed by atoms with Crippen molar-refractivity contribution in [2.24, 2.45) is 0 Å². The Morgan fingerprint density at radius 1 is 1.71 bits per heavy atom. The number of aliphatic carboxylic acids is 1. The average molecular weight is 235 g/mol. The topological polar surface area (TPSA) is 49.8 Å². The second-order valence-corrected chi connectivity index (χ2v) is 5.10. The zero-order valence-electron chi connectivity index (χ0n) is 8.15. The lowest BCUT2D eigenvalue weighted by molar-refractivity contribution is -0.137. The first kappa shape index (κ1) is 11.7. The molecule has 0 amide bonds. The van der Waals surface area contributed by atoms with E-state index in [2.05, 4.69) is 0 Å². The van der Waals surface area contributed by atoms with Crippen LogP contribution in [-0.4, -0.2) is 41.3 Å². The third kappa shape index (κ3) is 3.43. The molecule has 1 saturated heterocycles. The van der Waals surface area contributed by atoms with Crippen LogP contribution in [0.25, 0.3) is 0 Å². The third-order valence-electron chi connectivity index (χ3n) is 1.90. The van der Waals surface area contributed by atoms with Crippen LogP contribution >= 0.6 is 23.8 Å². The number of rotatable bonds is 3. The second kappa shape index (κ2) is 5.53. The summed E-state index contributed by atoms with van der Waals surface area (Å²) < 4.78 is 5.22. The van der Waals surface area contributed by atoms with Gasteiger partial charge in [-0.15, -0.1) is 11.8 Å². The fraction of sp³-hybridized carbons (Fsp3) is 0.625. The van der Waals surface area contributed by atoms with Gasteiger partial charge in [0.2, 0.25) is 0 Å². The average Bonchev–Trinajstić information content (AvgIpc) is 2.17. The Bertz CT molecular complexity index is 247. The molecule has 0 unspecified atom stereocenters. The van der Waals surface area contributed by atoms with E-state index in [0.29, 0.717) is 6.61 Å². The molecule has 0 aliphatic carbocycles. The molecule has 0 aromatic carbocycles. The summed E-state index contributed by atoms with van der Waals surface area (Å²) in [4.78, 5) is 13.3. The van der Waals surface area contributed by atoms with Crippen LogP contribution in [0, 0.1) is 0 Å². The van der Waals surface area contributed by atoms with Gasteiger partial charge >= 0.3 is 5.97 Å². The molecule has 1 fully saturated rings. The van der Waals surface area contributed by atoms with Crippen molar-refractivity contribution in [3.63, 3.8) is 0 Å². The minimum atomic E-state index is -0.816. The maximum absolute atomic E-state index is 10.5. The lowest BCUT2D eigenvalue weighted by Crippen LogP contribution is -2.25. The van der Waals surface area contributed by atoms with Crippen LogP contribution in [0.3, 0.4) is 0 Å². The molecule has 0 radical (unpaired) electrons. The van der Waals surface area contributed by atoms with Crippen LogP contribution in [0.5, 0.6) is 0 Å². The largest absolute Gasteiger partial charge is 0.480 e. The first-order valence-corrected chi connectivity index (χ1v) is 6.00. The number of hydrogen-bond acceptors (Lipinski definition) is 5. The molecule has 0 bridgehead atoms. The van der Waals surface area contributed by atoms with Crippen molar-refractivity contribution in [1.82, 2.24) is 4.90 Å². The van der Waals surface area contributed by atoms with Gasteiger partial charge in [-0.1, -0.05) is 0 Å². The number of carboxylic acids is 1. The van der Waals surface area contributed by atoms with E-state index in [0.717, 1.165) is 15.7 Å². The van der Waals surface area contributed by atoms with E-state index in [-0.39, 0.29) is 6.54 Å². The van der Waals surface area contributed by atoms with Crippen molar-refractivity contribution in [3.8, 4) is 0 Å². The van der Waals surface area contributed by atoms with E-state index in [1.807, 2.05) is 6.92 Å². The number of nitrogens with zero attached hydrogens (tertiary/aromatic N) is 1. The molecule has 4 nitrogen and oxygen atoms in total. The molecule has 14 heavy (non-hydrogen) atoms. The van der Waals surface area contributed by atoms with E-state index < -0.39 is 5.97 Å². The lowest BCUT2D eigenvalue weighted by atomic mass is 10.4. The molecule has 0 aromatic rings. The first-order chi connectivity index (χ1) is 6.61. The van der Waals surface area contributed by atoms with Crippen LogP contribution in [0.2, 0.25) is 0 Å². The van der Waals surface area contributed by atoms with Gasteiger partial charge in [0.25, 0.3) is 0 Å². The summed E-state index contributed by atoms with van der Waals surface area (Å²) in [5, 5.41) is 9.49. The summed E-state index contributed by atoms with van der Waals surface area (Å²) in [7, 11) is 1.78. The maximum atomic E-state index is 10.5.